The van der Waals surface area contributed by atoms with Gasteiger partial charge in [0.2, 0.25) is 0 Å². The van der Waals surface area contributed by atoms with Crippen molar-refractivity contribution in [2.45, 2.75) is 60.0 Å². The third-order valence-electron chi connectivity index (χ3n) is 3.27. The normalized spacial score (nSPS) is 13.3. The maximum absolute atomic E-state index is 4.49. The minimum atomic E-state index is 0.612. The van der Waals surface area contributed by atoms with E-state index in [0.717, 1.165) is 25.2 Å². The predicted octanol–water partition coefficient (Wildman–Crippen LogP) is 2.78. The third-order valence-corrected chi connectivity index (χ3v) is 3.27. The molecule has 3 nitrogen and oxygen atoms in total. The summed E-state index contributed by atoms with van der Waals surface area (Å²) in [6.45, 7) is 13.0. The van der Waals surface area contributed by atoms with Gasteiger partial charge in [-0.15, -0.1) is 0 Å². The SMILES string of the molecule is CCNC(CCc1cc(C)nn1CC)C(C)C. The number of nitrogens with zero attached hydrogens (tertiary/aromatic N) is 2. The minimum Gasteiger partial charge on any atom is -0.314 e. The van der Waals surface area contributed by atoms with Gasteiger partial charge in [-0.2, -0.15) is 5.10 Å². The highest BCUT2D eigenvalue weighted by Gasteiger charge is 2.13. The van der Waals surface area contributed by atoms with E-state index in [-0.39, 0.29) is 0 Å². The van der Waals surface area contributed by atoms with Crippen LogP contribution in [0.2, 0.25) is 0 Å². The summed E-state index contributed by atoms with van der Waals surface area (Å²) in [5, 5.41) is 8.06. The largest absolute Gasteiger partial charge is 0.314 e. The summed E-state index contributed by atoms with van der Waals surface area (Å²) in [5.74, 6) is 0.689. The molecule has 98 valence electrons. The maximum atomic E-state index is 4.49. The third kappa shape index (κ3) is 4.15. The van der Waals surface area contributed by atoms with Crippen molar-refractivity contribution >= 4 is 0 Å². The Kier molecular flexibility index (Phi) is 5.69. The van der Waals surface area contributed by atoms with Crippen LogP contribution >= 0.6 is 0 Å². The van der Waals surface area contributed by atoms with Crippen LogP contribution in [0.1, 0.15) is 45.5 Å². The van der Waals surface area contributed by atoms with Gasteiger partial charge in [-0.3, -0.25) is 4.68 Å². The van der Waals surface area contributed by atoms with Crippen molar-refractivity contribution in [2.24, 2.45) is 5.92 Å². The second-order valence-corrected chi connectivity index (χ2v) is 5.04. The Labute approximate surface area is 106 Å². The molecule has 0 spiro atoms. The molecular formula is C14H27N3. The molecule has 0 aromatic carbocycles. The van der Waals surface area contributed by atoms with Crippen molar-refractivity contribution in [2.75, 3.05) is 6.54 Å². The van der Waals surface area contributed by atoms with E-state index in [1.165, 1.54) is 12.1 Å². The molecule has 1 aromatic rings. The zero-order valence-corrected chi connectivity index (χ0v) is 12.0. The molecule has 0 radical (unpaired) electrons. The van der Waals surface area contributed by atoms with Crippen molar-refractivity contribution in [1.82, 2.24) is 15.1 Å². The number of nitrogens with one attached hydrogen (secondary N) is 1. The van der Waals surface area contributed by atoms with Gasteiger partial charge >= 0.3 is 0 Å². The van der Waals surface area contributed by atoms with Crippen molar-refractivity contribution in [1.29, 1.82) is 0 Å². The molecule has 1 unspecified atom stereocenters. The summed E-state index contributed by atoms with van der Waals surface area (Å²) in [4.78, 5) is 0. The summed E-state index contributed by atoms with van der Waals surface area (Å²) in [6.07, 6.45) is 2.31. The van der Waals surface area contributed by atoms with E-state index < -0.39 is 0 Å². The molecule has 0 bridgehead atoms. The van der Waals surface area contributed by atoms with Crippen LogP contribution in [-0.2, 0) is 13.0 Å². The maximum Gasteiger partial charge on any atom is 0.0596 e. The fourth-order valence-electron chi connectivity index (χ4n) is 2.31. The van der Waals surface area contributed by atoms with Gasteiger partial charge in [-0.1, -0.05) is 20.8 Å². The standard InChI is InChI=1S/C14H27N3/c1-6-15-14(11(3)4)9-8-13-10-12(5)16-17(13)7-2/h10-11,14-15H,6-9H2,1-5H3. The number of rotatable bonds is 7. The molecule has 0 saturated carbocycles. The summed E-state index contributed by atoms with van der Waals surface area (Å²) < 4.78 is 2.12. The molecule has 1 heterocycles. The van der Waals surface area contributed by atoms with E-state index >= 15 is 0 Å². The Morgan fingerprint density at radius 1 is 1.35 bits per heavy atom. The second kappa shape index (κ2) is 6.80. The first kappa shape index (κ1) is 14.2. The van der Waals surface area contributed by atoms with Crippen LogP contribution in [0.15, 0.2) is 6.07 Å². The van der Waals surface area contributed by atoms with Gasteiger partial charge in [0.05, 0.1) is 5.69 Å². The molecule has 17 heavy (non-hydrogen) atoms. The van der Waals surface area contributed by atoms with Crippen LogP contribution in [0.3, 0.4) is 0 Å². The summed E-state index contributed by atoms with van der Waals surface area (Å²) in [7, 11) is 0. The molecule has 0 saturated heterocycles. The van der Waals surface area contributed by atoms with Crippen LogP contribution in [0.4, 0.5) is 0 Å². The van der Waals surface area contributed by atoms with Gasteiger partial charge in [0.1, 0.15) is 0 Å². The topological polar surface area (TPSA) is 29.9 Å². The monoisotopic (exact) mass is 237 g/mol. The predicted molar refractivity (Wildman–Crippen MR) is 73.3 cm³/mol. The number of hydrogen-bond donors (Lipinski definition) is 1. The molecule has 0 aliphatic rings. The second-order valence-electron chi connectivity index (χ2n) is 5.04. The lowest BCUT2D eigenvalue weighted by molar-refractivity contribution is 0.381. The van der Waals surface area contributed by atoms with Gasteiger partial charge in [0.15, 0.2) is 0 Å². The lowest BCUT2D eigenvalue weighted by Gasteiger charge is -2.21. The first-order chi connectivity index (χ1) is 8.08. The Balaban J connectivity index is 2.58. The molecular weight excluding hydrogens is 210 g/mol. The fourth-order valence-corrected chi connectivity index (χ4v) is 2.31. The molecule has 0 amide bonds. The smallest absolute Gasteiger partial charge is 0.0596 e. The Hall–Kier alpha value is -0.830. The Bertz CT molecular complexity index is 328. The summed E-state index contributed by atoms with van der Waals surface area (Å²) >= 11 is 0. The van der Waals surface area contributed by atoms with Crippen molar-refractivity contribution < 1.29 is 0 Å². The van der Waals surface area contributed by atoms with E-state index in [4.69, 9.17) is 0 Å². The van der Waals surface area contributed by atoms with Crippen LogP contribution in [0.5, 0.6) is 0 Å². The zero-order chi connectivity index (χ0) is 12.8. The average Bonchev–Trinajstić information content (AvgIpc) is 2.64. The number of aromatic nitrogens is 2. The van der Waals surface area contributed by atoms with E-state index in [9.17, 15) is 0 Å². The van der Waals surface area contributed by atoms with E-state index in [1.54, 1.807) is 0 Å². The lowest BCUT2D eigenvalue weighted by atomic mass is 9.98. The van der Waals surface area contributed by atoms with Crippen LogP contribution in [0.25, 0.3) is 0 Å². The summed E-state index contributed by atoms with van der Waals surface area (Å²) in [5.41, 5.74) is 2.50. The molecule has 1 N–H and O–H groups in total. The molecule has 1 atom stereocenters. The Morgan fingerprint density at radius 2 is 2.06 bits per heavy atom. The Morgan fingerprint density at radius 3 is 2.59 bits per heavy atom. The first-order valence-electron chi connectivity index (χ1n) is 6.85. The van der Waals surface area contributed by atoms with Gasteiger partial charge in [-0.25, -0.2) is 0 Å². The summed E-state index contributed by atoms with van der Waals surface area (Å²) in [6, 6.07) is 2.83. The highest BCUT2D eigenvalue weighted by atomic mass is 15.3. The zero-order valence-electron chi connectivity index (χ0n) is 12.0. The van der Waals surface area contributed by atoms with Gasteiger partial charge in [0.25, 0.3) is 0 Å². The van der Waals surface area contributed by atoms with Gasteiger partial charge < -0.3 is 5.32 Å². The van der Waals surface area contributed by atoms with E-state index in [2.05, 4.69) is 55.8 Å². The molecule has 0 aliphatic heterocycles. The lowest BCUT2D eigenvalue weighted by Crippen LogP contribution is -2.34. The van der Waals surface area contributed by atoms with Crippen molar-refractivity contribution in [3.8, 4) is 0 Å². The van der Waals surface area contributed by atoms with Gasteiger partial charge in [-0.05, 0) is 45.2 Å². The van der Waals surface area contributed by atoms with Crippen molar-refractivity contribution in [3.05, 3.63) is 17.5 Å². The molecule has 3 heteroatoms. The molecule has 1 rings (SSSR count). The van der Waals surface area contributed by atoms with Crippen LogP contribution < -0.4 is 5.32 Å². The first-order valence-corrected chi connectivity index (χ1v) is 6.85. The van der Waals surface area contributed by atoms with Crippen LogP contribution in [-0.4, -0.2) is 22.4 Å². The quantitative estimate of drug-likeness (QED) is 0.790. The van der Waals surface area contributed by atoms with Gasteiger partial charge in [0, 0.05) is 18.3 Å². The van der Waals surface area contributed by atoms with Crippen molar-refractivity contribution in [3.63, 3.8) is 0 Å². The number of hydrogen-bond acceptors (Lipinski definition) is 2. The minimum absolute atomic E-state index is 0.612. The fraction of sp³-hybridized carbons (Fsp3) is 0.786. The molecule has 0 aliphatic carbocycles. The molecule has 0 fully saturated rings. The molecule has 1 aromatic heterocycles. The number of aryl methyl sites for hydroxylation is 3. The highest BCUT2D eigenvalue weighted by Crippen LogP contribution is 2.12. The van der Waals surface area contributed by atoms with E-state index in [0.29, 0.717) is 12.0 Å². The average molecular weight is 237 g/mol. The van der Waals surface area contributed by atoms with Crippen LogP contribution in [0, 0.1) is 12.8 Å². The van der Waals surface area contributed by atoms with E-state index in [1.807, 2.05) is 0 Å². The highest BCUT2D eigenvalue weighted by molar-refractivity contribution is 5.09.